The Bertz CT molecular complexity index is 767. The first-order chi connectivity index (χ1) is 11.8. The first kappa shape index (κ1) is 23.3. The molecule has 1 aliphatic heterocycles. The van der Waals surface area contributed by atoms with Crippen molar-refractivity contribution in [3.8, 4) is 0 Å². The van der Waals surface area contributed by atoms with Gasteiger partial charge in [-0.2, -0.15) is 0 Å². The second-order valence-corrected chi connectivity index (χ2v) is 6.75. The average Bonchev–Trinajstić information content (AvgIpc) is 3.14. The Morgan fingerprint density at radius 3 is 2.78 bits per heavy atom. The molecule has 2 N–H and O–H groups in total. The molecule has 1 aromatic carbocycles. The summed E-state index contributed by atoms with van der Waals surface area (Å²) in [4.78, 5) is 16.5. The summed E-state index contributed by atoms with van der Waals surface area (Å²) in [6.45, 7) is 4.35. The summed E-state index contributed by atoms with van der Waals surface area (Å²) in [5.41, 5.74) is 1.60. The van der Waals surface area contributed by atoms with Gasteiger partial charge in [0, 0.05) is 37.0 Å². The van der Waals surface area contributed by atoms with Crippen molar-refractivity contribution in [2.75, 3.05) is 11.9 Å². The third kappa shape index (κ3) is 5.89. The maximum Gasteiger partial charge on any atom is 0.262 e. The highest BCUT2D eigenvalue weighted by atomic mass is 35.5. The van der Waals surface area contributed by atoms with Gasteiger partial charge in [-0.25, -0.2) is 13.8 Å². The number of imidazole rings is 1. The van der Waals surface area contributed by atoms with Crippen molar-refractivity contribution in [3.05, 3.63) is 48.0 Å². The zero-order chi connectivity index (χ0) is 18.0. The van der Waals surface area contributed by atoms with E-state index in [0.29, 0.717) is 18.2 Å². The number of aromatic nitrogens is 2. The van der Waals surface area contributed by atoms with Crippen LogP contribution in [0.2, 0.25) is 0 Å². The molecular weight excluding hydrogens is 397 g/mol. The fourth-order valence-corrected chi connectivity index (χ4v) is 3.03. The Morgan fingerprint density at radius 1 is 1.41 bits per heavy atom. The Labute approximate surface area is 169 Å². The molecule has 1 amide bonds. The minimum absolute atomic E-state index is 0. The number of halogens is 4. The van der Waals surface area contributed by atoms with Crippen LogP contribution >= 0.6 is 24.8 Å². The van der Waals surface area contributed by atoms with Crippen LogP contribution in [0.15, 0.2) is 36.7 Å². The van der Waals surface area contributed by atoms with E-state index in [1.165, 1.54) is 0 Å². The minimum Gasteiger partial charge on any atom is -0.330 e. The number of nitrogens with zero attached hydrogens (tertiary/aromatic N) is 2. The Hall–Kier alpha value is -1.70. The molecule has 0 saturated carbocycles. The van der Waals surface area contributed by atoms with Crippen molar-refractivity contribution < 1.29 is 13.6 Å². The SMILES string of the molecule is CC(C)c1nccn1Cc1cccc(NC(=O)C2CC(F)(F)CN2)c1.Cl.Cl. The third-order valence-electron chi connectivity index (χ3n) is 4.24. The molecule has 3 rings (SSSR count). The minimum atomic E-state index is -2.82. The van der Waals surface area contributed by atoms with E-state index in [1.54, 1.807) is 12.3 Å². The van der Waals surface area contributed by atoms with Crippen LogP contribution in [0.5, 0.6) is 0 Å². The number of benzene rings is 1. The summed E-state index contributed by atoms with van der Waals surface area (Å²) >= 11 is 0. The summed E-state index contributed by atoms with van der Waals surface area (Å²) in [5, 5.41) is 5.28. The number of anilines is 1. The Balaban J connectivity index is 0.00000182. The maximum atomic E-state index is 13.2. The molecule has 1 fully saturated rings. The molecule has 2 heterocycles. The predicted molar refractivity (Wildman–Crippen MR) is 106 cm³/mol. The van der Waals surface area contributed by atoms with Gasteiger partial charge in [-0.3, -0.25) is 10.1 Å². The number of carbonyl (C=O) groups is 1. The van der Waals surface area contributed by atoms with Crippen LogP contribution in [-0.4, -0.2) is 34.0 Å². The van der Waals surface area contributed by atoms with Gasteiger partial charge in [0.25, 0.3) is 5.92 Å². The molecule has 1 saturated heterocycles. The lowest BCUT2D eigenvalue weighted by Gasteiger charge is -2.13. The lowest BCUT2D eigenvalue weighted by molar-refractivity contribution is -0.118. The summed E-state index contributed by atoms with van der Waals surface area (Å²) < 4.78 is 28.5. The molecule has 1 aromatic heterocycles. The molecule has 5 nitrogen and oxygen atoms in total. The van der Waals surface area contributed by atoms with Crippen LogP contribution in [0.4, 0.5) is 14.5 Å². The number of alkyl halides is 2. The molecule has 27 heavy (non-hydrogen) atoms. The zero-order valence-corrected chi connectivity index (χ0v) is 16.7. The van der Waals surface area contributed by atoms with Gasteiger partial charge >= 0.3 is 0 Å². The van der Waals surface area contributed by atoms with Gasteiger partial charge in [-0.05, 0) is 17.7 Å². The quantitative estimate of drug-likeness (QED) is 0.772. The third-order valence-corrected chi connectivity index (χ3v) is 4.24. The Kier molecular flexibility index (Phi) is 8.20. The van der Waals surface area contributed by atoms with Crippen LogP contribution < -0.4 is 10.6 Å². The molecule has 9 heteroatoms. The first-order valence-electron chi connectivity index (χ1n) is 8.36. The van der Waals surface area contributed by atoms with Crippen LogP contribution in [0.3, 0.4) is 0 Å². The van der Waals surface area contributed by atoms with Gasteiger partial charge in [0.15, 0.2) is 0 Å². The maximum absolute atomic E-state index is 13.2. The van der Waals surface area contributed by atoms with Crippen LogP contribution in [0.25, 0.3) is 0 Å². The predicted octanol–water partition coefficient (Wildman–Crippen LogP) is 3.83. The highest BCUT2D eigenvalue weighted by molar-refractivity contribution is 5.95. The van der Waals surface area contributed by atoms with Crippen LogP contribution in [0, 0.1) is 0 Å². The van der Waals surface area contributed by atoms with Gasteiger partial charge < -0.3 is 9.88 Å². The van der Waals surface area contributed by atoms with Gasteiger partial charge in [0.05, 0.1) is 12.6 Å². The number of hydrogen-bond acceptors (Lipinski definition) is 3. The molecule has 0 aliphatic carbocycles. The van der Waals surface area contributed by atoms with E-state index in [2.05, 4.69) is 34.0 Å². The Morgan fingerprint density at radius 2 is 2.15 bits per heavy atom. The number of nitrogens with one attached hydrogen (secondary N) is 2. The number of amides is 1. The number of carbonyl (C=O) groups excluding carboxylic acids is 1. The summed E-state index contributed by atoms with van der Waals surface area (Å²) in [7, 11) is 0. The second-order valence-electron chi connectivity index (χ2n) is 6.75. The van der Waals surface area contributed by atoms with Gasteiger partial charge in [-0.1, -0.05) is 26.0 Å². The molecule has 1 atom stereocenters. The standard InChI is InChI=1S/C18H22F2N4O.2ClH/c1-12(2)16-21-6-7-24(16)10-13-4-3-5-14(8-13)23-17(25)15-9-18(19,20)11-22-15;;/h3-8,12,15,22H,9-11H2,1-2H3,(H,23,25);2*1H. The van der Waals surface area contributed by atoms with E-state index in [4.69, 9.17) is 0 Å². The fraction of sp³-hybridized carbons (Fsp3) is 0.444. The molecule has 150 valence electrons. The van der Waals surface area contributed by atoms with E-state index in [9.17, 15) is 13.6 Å². The van der Waals surface area contributed by atoms with Crippen molar-refractivity contribution >= 4 is 36.4 Å². The van der Waals surface area contributed by atoms with Crippen LogP contribution in [-0.2, 0) is 11.3 Å². The molecule has 2 aromatic rings. The van der Waals surface area contributed by atoms with Crippen molar-refractivity contribution in [1.82, 2.24) is 14.9 Å². The van der Waals surface area contributed by atoms with Gasteiger partial charge in [0.2, 0.25) is 5.91 Å². The number of hydrogen-bond donors (Lipinski definition) is 2. The fourth-order valence-electron chi connectivity index (χ4n) is 3.03. The van der Waals surface area contributed by atoms with E-state index >= 15 is 0 Å². The molecule has 0 spiro atoms. The van der Waals surface area contributed by atoms with Crippen molar-refractivity contribution in [3.63, 3.8) is 0 Å². The highest BCUT2D eigenvalue weighted by Crippen LogP contribution is 2.26. The van der Waals surface area contributed by atoms with Crippen molar-refractivity contribution in [2.45, 2.75) is 44.7 Å². The molecule has 1 unspecified atom stereocenters. The summed E-state index contributed by atoms with van der Waals surface area (Å²) in [6.07, 6.45) is 3.23. The van der Waals surface area contributed by atoms with Gasteiger partial charge in [0.1, 0.15) is 5.82 Å². The van der Waals surface area contributed by atoms with Crippen molar-refractivity contribution in [1.29, 1.82) is 0 Å². The molecular formula is C18H24Cl2F2N4O. The number of rotatable bonds is 5. The molecule has 1 aliphatic rings. The van der Waals surface area contributed by atoms with E-state index < -0.39 is 30.8 Å². The first-order valence-corrected chi connectivity index (χ1v) is 8.36. The molecule has 0 radical (unpaired) electrons. The highest BCUT2D eigenvalue weighted by Gasteiger charge is 2.42. The normalized spacial score (nSPS) is 17.9. The monoisotopic (exact) mass is 420 g/mol. The molecule has 0 bridgehead atoms. The van der Waals surface area contributed by atoms with E-state index in [-0.39, 0.29) is 24.8 Å². The lowest BCUT2D eigenvalue weighted by Crippen LogP contribution is -2.35. The van der Waals surface area contributed by atoms with E-state index in [1.807, 2.05) is 24.4 Å². The smallest absolute Gasteiger partial charge is 0.262 e. The topological polar surface area (TPSA) is 59.0 Å². The second kappa shape index (κ2) is 9.48. The van der Waals surface area contributed by atoms with Gasteiger partial charge in [-0.15, -0.1) is 24.8 Å². The zero-order valence-electron chi connectivity index (χ0n) is 15.1. The lowest BCUT2D eigenvalue weighted by atomic mass is 10.1. The van der Waals surface area contributed by atoms with Crippen LogP contribution in [0.1, 0.15) is 37.6 Å². The summed E-state index contributed by atoms with van der Waals surface area (Å²) in [6, 6.07) is 6.55. The largest absolute Gasteiger partial charge is 0.330 e. The summed E-state index contributed by atoms with van der Waals surface area (Å²) in [5.74, 6) is -1.95. The van der Waals surface area contributed by atoms with E-state index in [0.717, 1.165) is 11.4 Å². The average molecular weight is 421 g/mol. The van der Waals surface area contributed by atoms with Crippen molar-refractivity contribution in [2.24, 2.45) is 0 Å².